The first-order chi connectivity index (χ1) is 15.7. The molecular formula is C23H23ClFN3O5. The van der Waals surface area contributed by atoms with Crippen LogP contribution in [0.1, 0.15) is 25.8 Å². The molecule has 1 fully saturated rings. The van der Waals surface area contributed by atoms with E-state index in [4.69, 9.17) is 21.1 Å². The maximum Gasteiger partial charge on any atom is 0.329 e. The number of urea groups is 1. The van der Waals surface area contributed by atoms with Crippen LogP contribution in [0.4, 0.5) is 14.9 Å². The van der Waals surface area contributed by atoms with Gasteiger partial charge in [0.25, 0.3) is 5.91 Å². The number of nitrogens with zero attached hydrogens (tertiary/aromatic N) is 1. The number of carbonyl (C=O) groups excluding carboxylic acids is 3. The van der Waals surface area contributed by atoms with Crippen LogP contribution < -0.4 is 20.1 Å². The van der Waals surface area contributed by atoms with Gasteiger partial charge in [-0.25, -0.2) is 14.1 Å². The predicted molar refractivity (Wildman–Crippen MR) is 122 cm³/mol. The molecule has 0 aromatic heterocycles. The lowest BCUT2D eigenvalue weighted by atomic mass is 10.1. The minimum atomic E-state index is -0.773. The molecule has 33 heavy (non-hydrogen) atoms. The van der Waals surface area contributed by atoms with E-state index in [1.165, 1.54) is 31.4 Å². The van der Waals surface area contributed by atoms with Crippen molar-refractivity contribution in [1.82, 2.24) is 10.2 Å². The van der Waals surface area contributed by atoms with Crippen LogP contribution >= 0.6 is 11.6 Å². The molecule has 0 radical (unpaired) electrons. The molecule has 0 aliphatic carbocycles. The van der Waals surface area contributed by atoms with Crippen LogP contribution in [0.25, 0.3) is 6.08 Å². The summed E-state index contributed by atoms with van der Waals surface area (Å²) in [4.78, 5) is 37.9. The number of anilines is 1. The van der Waals surface area contributed by atoms with Crippen molar-refractivity contribution in [3.8, 4) is 11.5 Å². The molecule has 174 valence electrons. The lowest BCUT2D eigenvalue weighted by Gasteiger charge is -2.17. The van der Waals surface area contributed by atoms with Crippen LogP contribution in [0.15, 0.2) is 42.1 Å². The fraction of sp³-hybridized carbons (Fsp3) is 0.261. The van der Waals surface area contributed by atoms with Crippen molar-refractivity contribution in [1.29, 1.82) is 0 Å². The zero-order valence-electron chi connectivity index (χ0n) is 18.3. The van der Waals surface area contributed by atoms with Gasteiger partial charge in [-0.3, -0.25) is 9.59 Å². The minimum absolute atomic E-state index is 0.0487. The number of halogens is 2. The van der Waals surface area contributed by atoms with Crippen molar-refractivity contribution in [3.63, 3.8) is 0 Å². The number of methoxy groups -OCH3 is 1. The van der Waals surface area contributed by atoms with Crippen molar-refractivity contribution in [2.24, 2.45) is 0 Å². The van der Waals surface area contributed by atoms with Crippen molar-refractivity contribution in [3.05, 3.63) is 58.5 Å². The Bertz CT molecular complexity index is 1120. The van der Waals surface area contributed by atoms with E-state index in [1.54, 1.807) is 18.2 Å². The third-order valence-corrected chi connectivity index (χ3v) is 5.15. The van der Waals surface area contributed by atoms with Gasteiger partial charge < -0.3 is 20.1 Å². The van der Waals surface area contributed by atoms with Gasteiger partial charge in [0.1, 0.15) is 18.1 Å². The summed E-state index contributed by atoms with van der Waals surface area (Å²) in [6, 6.07) is 7.99. The number of hydrogen-bond acceptors (Lipinski definition) is 5. The molecule has 1 atom stereocenters. The normalized spacial score (nSPS) is 15.4. The first-order valence-corrected chi connectivity index (χ1v) is 10.5. The topological polar surface area (TPSA) is 97.0 Å². The average molecular weight is 476 g/mol. The first-order valence-electron chi connectivity index (χ1n) is 10.2. The molecule has 0 saturated carbocycles. The molecule has 1 aliphatic rings. The lowest BCUT2D eigenvalue weighted by molar-refractivity contribution is -0.127. The number of ether oxygens (including phenoxy) is 2. The van der Waals surface area contributed by atoms with Gasteiger partial charge in [-0.2, -0.15) is 0 Å². The second-order valence-electron chi connectivity index (χ2n) is 7.28. The maximum atomic E-state index is 13.7. The standard InChI is InChI=1S/C23H23ClFN3O5/c1-4-13(2)33-21-15(24)9-14(11-19(21)32-3)10-18-22(30)28(23(31)27-18)12-20(29)26-17-8-6-5-7-16(17)25/h5-11,13H,4,12H2,1-3H3,(H,26,29)(H,27,31)/b18-10+/t13-/m0/s1. The van der Waals surface area contributed by atoms with Crippen LogP contribution in [0.3, 0.4) is 0 Å². The second-order valence-corrected chi connectivity index (χ2v) is 7.69. The molecule has 0 bridgehead atoms. The van der Waals surface area contributed by atoms with E-state index in [2.05, 4.69) is 10.6 Å². The highest BCUT2D eigenvalue weighted by molar-refractivity contribution is 6.32. The molecule has 1 heterocycles. The molecule has 4 amide bonds. The van der Waals surface area contributed by atoms with Gasteiger partial charge in [0.15, 0.2) is 11.5 Å². The van der Waals surface area contributed by atoms with E-state index in [1.807, 2.05) is 13.8 Å². The van der Waals surface area contributed by atoms with E-state index in [9.17, 15) is 18.8 Å². The van der Waals surface area contributed by atoms with Crippen molar-refractivity contribution >= 4 is 41.2 Å². The third-order valence-electron chi connectivity index (χ3n) is 4.87. The highest BCUT2D eigenvalue weighted by Gasteiger charge is 2.35. The molecule has 2 aromatic carbocycles. The fourth-order valence-corrected chi connectivity index (χ4v) is 3.26. The number of carbonyl (C=O) groups is 3. The fourth-order valence-electron chi connectivity index (χ4n) is 3.00. The van der Waals surface area contributed by atoms with Gasteiger partial charge in [0.05, 0.1) is 23.9 Å². The second kappa shape index (κ2) is 10.4. The zero-order chi connectivity index (χ0) is 24.1. The highest BCUT2D eigenvalue weighted by atomic mass is 35.5. The van der Waals surface area contributed by atoms with Gasteiger partial charge >= 0.3 is 6.03 Å². The highest BCUT2D eigenvalue weighted by Crippen LogP contribution is 2.38. The van der Waals surface area contributed by atoms with Crippen LogP contribution in [-0.4, -0.2) is 42.5 Å². The number of nitrogens with one attached hydrogen (secondary N) is 2. The Morgan fingerprint density at radius 1 is 1.30 bits per heavy atom. The van der Waals surface area contributed by atoms with E-state index in [0.29, 0.717) is 17.1 Å². The Labute approximate surface area is 195 Å². The number of imide groups is 1. The summed E-state index contributed by atoms with van der Waals surface area (Å²) in [6.45, 7) is 3.29. The summed E-state index contributed by atoms with van der Waals surface area (Å²) in [5.41, 5.74) is 0.383. The molecule has 1 aliphatic heterocycles. The molecule has 8 nitrogen and oxygen atoms in total. The molecule has 0 spiro atoms. The zero-order valence-corrected chi connectivity index (χ0v) is 19.0. The Hall–Kier alpha value is -3.59. The molecule has 2 aromatic rings. The summed E-state index contributed by atoms with van der Waals surface area (Å²) in [6.07, 6.45) is 2.10. The Morgan fingerprint density at radius 3 is 2.70 bits per heavy atom. The van der Waals surface area contributed by atoms with Gasteiger partial charge in [0.2, 0.25) is 5.91 Å². The molecule has 0 unspecified atom stereocenters. The van der Waals surface area contributed by atoms with Gasteiger partial charge in [-0.15, -0.1) is 0 Å². The van der Waals surface area contributed by atoms with Gasteiger partial charge in [-0.1, -0.05) is 30.7 Å². The summed E-state index contributed by atoms with van der Waals surface area (Å²) in [5.74, 6) is -1.31. The van der Waals surface area contributed by atoms with Gasteiger partial charge in [0, 0.05) is 0 Å². The summed E-state index contributed by atoms with van der Waals surface area (Å²) >= 11 is 6.35. The van der Waals surface area contributed by atoms with E-state index < -0.39 is 30.2 Å². The van der Waals surface area contributed by atoms with Crippen LogP contribution in [0, 0.1) is 5.82 Å². The number of hydrogen-bond donors (Lipinski definition) is 2. The summed E-state index contributed by atoms with van der Waals surface area (Å²) in [7, 11) is 1.46. The molecule has 10 heteroatoms. The van der Waals surface area contributed by atoms with E-state index >= 15 is 0 Å². The Balaban J connectivity index is 1.77. The van der Waals surface area contributed by atoms with Crippen LogP contribution in [0.2, 0.25) is 5.02 Å². The smallest absolute Gasteiger partial charge is 0.329 e. The number of para-hydroxylation sites is 1. The predicted octanol–water partition coefficient (Wildman–Crippen LogP) is 4.20. The quantitative estimate of drug-likeness (QED) is 0.440. The van der Waals surface area contributed by atoms with Gasteiger partial charge in [-0.05, 0) is 49.2 Å². The number of amides is 4. The molecular weight excluding hydrogens is 453 g/mol. The van der Waals surface area contributed by atoms with Crippen LogP contribution in [0.5, 0.6) is 11.5 Å². The number of benzene rings is 2. The van der Waals surface area contributed by atoms with E-state index in [0.717, 1.165) is 11.3 Å². The van der Waals surface area contributed by atoms with Crippen molar-refractivity contribution in [2.75, 3.05) is 19.0 Å². The molecule has 1 saturated heterocycles. The largest absolute Gasteiger partial charge is 0.493 e. The molecule has 2 N–H and O–H groups in total. The van der Waals surface area contributed by atoms with Crippen molar-refractivity contribution in [2.45, 2.75) is 26.4 Å². The maximum absolute atomic E-state index is 13.7. The Morgan fingerprint density at radius 2 is 2.03 bits per heavy atom. The minimum Gasteiger partial charge on any atom is -0.493 e. The lowest BCUT2D eigenvalue weighted by Crippen LogP contribution is -2.38. The average Bonchev–Trinajstić information content (AvgIpc) is 3.04. The number of rotatable bonds is 8. The SMILES string of the molecule is CC[C@H](C)Oc1c(Cl)cc(/C=C2/NC(=O)N(CC(=O)Nc3ccccc3F)C2=O)cc1OC. The molecule has 3 rings (SSSR count). The Kier molecular flexibility index (Phi) is 7.55. The van der Waals surface area contributed by atoms with Crippen molar-refractivity contribution < 1.29 is 28.2 Å². The summed E-state index contributed by atoms with van der Waals surface area (Å²) in [5, 5.41) is 5.04. The first kappa shape index (κ1) is 24.1. The third kappa shape index (κ3) is 5.61. The van der Waals surface area contributed by atoms with Crippen LogP contribution in [-0.2, 0) is 9.59 Å². The monoisotopic (exact) mass is 475 g/mol. The van der Waals surface area contributed by atoms with E-state index in [-0.39, 0.29) is 22.5 Å². The summed E-state index contributed by atoms with van der Waals surface area (Å²) < 4.78 is 24.9.